The van der Waals surface area contributed by atoms with Gasteiger partial charge < -0.3 is 9.47 Å². The highest BCUT2D eigenvalue weighted by atomic mass is 32.2. The molecule has 0 aliphatic heterocycles. The van der Waals surface area contributed by atoms with Crippen LogP contribution in [0.4, 0.5) is 0 Å². The fourth-order valence-corrected chi connectivity index (χ4v) is 6.75. The van der Waals surface area contributed by atoms with E-state index < -0.39 is 27.0 Å². The highest BCUT2D eigenvalue weighted by Crippen LogP contribution is 2.43. The average Bonchev–Trinajstić information content (AvgIpc) is 3.00. The van der Waals surface area contributed by atoms with Crippen LogP contribution in [0, 0.1) is 5.92 Å². The second kappa shape index (κ2) is 23.8. The molecule has 0 heterocycles. The Balaban J connectivity index is 0.000000862. The molecule has 0 spiro atoms. The molecule has 0 saturated heterocycles. The van der Waals surface area contributed by atoms with Crippen LogP contribution in [-0.4, -0.2) is 44.3 Å². The van der Waals surface area contributed by atoms with Crippen LogP contribution in [0.2, 0.25) is 0 Å². The molecule has 9 heteroatoms. The van der Waals surface area contributed by atoms with E-state index in [-0.39, 0.29) is 11.1 Å². The lowest BCUT2D eigenvalue weighted by atomic mass is 9.77. The number of methoxy groups -OCH3 is 2. The van der Waals surface area contributed by atoms with E-state index in [1.807, 2.05) is 0 Å². The van der Waals surface area contributed by atoms with E-state index in [0.717, 1.165) is 38.3 Å². The summed E-state index contributed by atoms with van der Waals surface area (Å²) in [6.45, 7) is 9.37. The van der Waals surface area contributed by atoms with Crippen LogP contribution < -0.4 is 0 Å². The fourth-order valence-electron chi connectivity index (χ4n) is 5.46. The Morgan fingerprint density at radius 3 is 1.49 bits per heavy atom. The third kappa shape index (κ3) is 17.5. The van der Waals surface area contributed by atoms with E-state index >= 15 is 0 Å². The maximum Gasteiger partial charge on any atom is 0.337 e. The summed E-state index contributed by atoms with van der Waals surface area (Å²) in [5, 5.41) is 0.530. The first-order valence-electron chi connectivity index (χ1n) is 16.5. The first kappa shape index (κ1) is 41.5. The van der Waals surface area contributed by atoms with Gasteiger partial charge in [0.2, 0.25) is 0 Å². The molecule has 1 aromatic carbocycles. The Labute approximate surface area is 265 Å². The van der Waals surface area contributed by atoms with Crippen LogP contribution in [0.5, 0.6) is 0 Å². The first-order valence-corrected chi connectivity index (χ1v) is 18.5. The van der Waals surface area contributed by atoms with Crippen molar-refractivity contribution in [3.05, 3.63) is 29.3 Å². The zero-order valence-corrected chi connectivity index (χ0v) is 29.9. The van der Waals surface area contributed by atoms with Crippen LogP contribution in [0.15, 0.2) is 23.1 Å². The summed E-state index contributed by atoms with van der Waals surface area (Å²) in [7, 11) is 1.03. The van der Waals surface area contributed by atoms with Gasteiger partial charge in [-0.2, -0.15) is 8.42 Å². The van der Waals surface area contributed by atoms with Crippen LogP contribution in [-0.2, 0) is 19.6 Å². The van der Waals surface area contributed by atoms with Crippen LogP contribution in [0.25, 0.3) is 0 Å². The van der Waals surface area contributed by atoms with E-state index in [4.69, 9.17) is 4.55 Å². The molecule has 1 aromatic rings. The molecule has 7 nitrogen and oxygen atoms in total. The molecule has 0 aromatic heterocycles. The molecule has 0 radical (unpaired) electrons. The normalized spacial score (nSPS) is 12.3. The number of ether oxygens (including phenoxy) is 2. The Bertz CT molecular complexity index is 968. The van der Waals surface area contributed by atoms with Gasteiger partial charge in [0.05, 0.1) is 30.2 Å². The standard InChI is InChI=1S/C24H51P.C10H10O7S/c1-5-9-13-14-15-16-17-18-20-23(19-10-6-2)24(25,21-11-7-3)22-12-8-4;1-16-9(11)6-3-7(10(12)17-2)5-8(4-6)18(13,14)15/h23H,5-22,25H2,1-4H3;3-5H,1-2H3,(H,13,14,15). The van der Waals surface area contributed by atoms with Crippen LogP contribution in [0.3, 0.4) is 0 Å². The minimum atomic E-state index is -4.55. The lowest BCUT2D eigenvalue weighted by Gasteiger charge is -2.39. The first-order chi connectivity index (χ1) is 20.4. The smallest absolute Gasteiger partial charge is 0.337 e. The van der Waals surface area contributed by atoms with Crippen molar-refractivity contribution in [2.45, 2.75) is 153 Å². The van der Waals surface area contributed by atoms with Crippen molar-refractivity contribution < 1.29 is 32.0 Å². The van der Waals surface area contributed by atoms with Gasteiger partial charge in [0, 0.05) is 0 Å². The maximum absolute atomic E-state index is 11.3. The molecule has 2 unspecified atom stereocenters. The van der Waals surface area contributed by atoms with Gasteiger partial charge in [0.15, 0.2) is 0 Å². The molecule has 1 rings (SSSR count). The summed E-state index contributed by atoms with van der Waals surface area (Å²) in [4.78, 5) is 22.0. The number of hydrogen-bond donors (Lipinski definition) is 1. The van der Waals surface area contributed by atoms with Gasteiger partial charge in [-0.3, -0.25) is 4.55 Å². The lowest BCUT2D eigenvalue weighted by Crippen LogP contribution is -2.32. The van der Waals surface area contributed by atoms with E-state index in [1.54, 1.807) is 0 Å². The van der Waals surface area contributed by atoms with Gasteiger partial charge in [-0.25, -0.2) is 9.59 Å². The third-order valence-corrected chi connectivity index (χ3v) is 10.0. The predicted octanol–water partition coefficient (Wildman–Crippen LogP) is 9.82. The number of esters is 2. The molecule has 2 atom stereocenters. The van der Waals surface area contributed by atoms with Crippen molar-refractivity contribution in [1.29, 1.82) is 0 Å². The van der Waals surface area contributed by atoms with Gasteiger partial charge in [0.1, 0.15) is 0 Å². The zero-order valence-electron chi connectivity index (χ0n) is 27.9. The minimum absolute atomic E-state index is 0.187. The second-order valence-corrected chi connectivity index (χ2v) is 14.3. The second-order valence-electron chi connectivity index (χ2n) is 11.7. The van der Waals surface area contributed by atoms with Gasteiger partial charge in [-0.15, -0.1) is 9.24 Å². The highest BCUT2D eigenvalue weighted by Gasteiger charge is 2.32. The topological polar surface area (TPSA) is 107 Å². The monoisotopic (exact) mass is 644 g/mol. The van der Waals surface area contributed by atoms with Crippen molar-refractivity contribution >= 4 is 31.3 Å². The van der Waals surface area contributed by atoms with E-state index in [2.05, 4.69) is 46.4 Å². The average molecular weight is 645 g/mol. The minimum Gasteiger partial charge on any atom is -0.465 e. The van der Waals surface area contributed by atoms with E-state index in [0.29, 0.717) is 5.16 Å². The highest BCUT2D eigenvalue weighted by molar-refractivity contribution is 7.85. The van der Waals surface area contributed by atoms with E-state index in [9.17, 15) is 18.0 Å². The number of benzene rings is 1. The molecular formula is C34H61O7PS. The van der Waals surface area contributed by atoms with Gasteiger partial charge in [0.25, 0.3) is 10.1 Å². The zero-order chi connectivity index (χ0) is 32.7. The Kier molecular flexibility index (Phi) is 23.0. The molecule has 250 valence electrons. The summed E-state index contributed by atoms with van der Waals surface area (Å²) < 4.78 is 39.7. The fraction of sp³-hybridized carbons (Fsp3) is 0.765. The van der Waals surface area contributed by atoms with Crippen LogP contribution >= 0.6 is 9.24 Å². The van der Waals surface area contributed by atoms with Gasteiger partial charge >= 0.3 is 11.9 Å². The summed E-state index contributed by atoms with van der Waals surface area (Å²) in [6.07, 6.45) is 25.7. The Hall–Kier alpha value is -1.50. The van der Waals surface area contributed by atoms with Crippen molar-refractivity contribution in [2.24, 2.45) is 5.92 Å². The maximum atomic E-state index is 11.3. The summed E-state index contributed by atoms with van der Waals surface area (Å²) in [5.41, 5.74) is -0.374. The number of carbonyl (C=O) groups is 2. The molecule has 0 fully saturated rings. The largest absolute Gasteiger partial charge is 0.465 e. The van der Waals surface area contributed by atoms with Crippen molar-refractivity contribution in [3.63, 3.8) is 0 Å². The number of hydrogen-bond acceptors (Lipinski definition) is 6. The third-order valence-electron chi connectivity index (χ3n) is 8.16. The molecule has 1 N–H and O–H groups in total. The Morgan fingerprint density at radius 1 is 0.698 bits per heavy atom. The molecule has 0 saturated carbocycles. The quantitative estimate of drug-likeness (QED) is 0.0579. The Morgan fingerprint density at radius 2 is 1.09 bits per heavy atom. The lowest BCUT2D eigenvalue weighted by molar-refractivity contribution is 0.0598. The molecule has 0 aliphatic carbocycles. The summed E-state index contributed by atoms with van der Waals surface area (Å²) in [6, 6.07) is 2.90. The molecule has 0 bridgehead atoms. The van der Waals surface area contributed by atoms with E-state index in [1.165, 1.54) is 116 Å². The number of carbonyl (C=O) groups excluding carboxylic acids is 2. The van der Waals surface area contributed by atoms with Crippen molar-refractivity contribution in [1.82, 2.24) is 0 Å². The van der Waals surface area contributed by atoms with Gasteiger partial charge in [-0.05, 0) is 55.0 Å². The number of rotatable bonds is 22. The predicted molar refractivity (Wildman–Crippen MR) is 181 cm³/mol. The molecule has 43 heavy (non-hydrogen) atoms. The van der Waals surface area contributed by atoms with Gasteiger partial charge in [-0.1, -0.05) is 118 Å². The number of unbranched alkanes of at least 4 members (excludes halogenated alkanes) is 10. The summed E-state index contributed by atoms with van der Waals surface area (Å²) in [5.74, 6) is -0.744. The van der Waals surface area contributed by atoms with Crippen molar-refractivity contribution in [2.75, 3.05) is 14.2 Å². The van der Waals surface area contributed by atoms with Crippen molar-refractivity contribution in [3.8, 4) is 0 Å². The van der Waals surface area contributed by atoms with Crippen LogP contribution in [0.1, 0.15) is 164 Å². The molecular weight excluding hydrogens is 583 g/mol. The molecule has 0 aliphatic rings. The molecule has 0 amide bonds. The summed E-state index contributed by atoms with van der Waals surface area (Å²) >= 11 is 0. The SMILES string of the molecule is CCCCCCCCCCC(CCCC)C(P)(CCCC)CCCC.COC(=O)c1cc(C(=O)OC)cc(S(=O)(=O)O)c1.